The van der Waals surface area contributed by atoms with Gasteiger partial charge in [-0.15, -0.1) is 0 Å². The molecular weight excluding hydrogens is 524 g/mol. The fourth-order valence-electron chi connectivity index (χ4n) is 7.32. The molecule has 3 fully saturated rings. The topological polar surface area (TPSA) is 116 Å². The number of pyridine rings is 1. The summed E-state index contributed by atoms with van der Waals surface area (Å²) in [6.07, 6.45) is 10.2. The van der Waals surface area contributed by atoms with E-state index in [4.69, 9.17) is 10.5 Å². The number of aromatic nitrogens is 4. The van der Waals surface area contributed by atoms with E-state index in [1.807, 2.05) is 24.4 Å². The number of rotatable bonds is 5. The molecule has 1 saturated carbocycles. The first-order valence-corrected chi connectivity index (χ1v) is 15.9. The predicted octanol–water partition coefficient (Wildman–Crippen LogP) is 3.96. The smallest absolute Gasteiger partial charge is 0.156 e. The van der Waals surface area contributed by atoms with Gasteiger partial charge < -0.3 is 15.0 Å². The summed E-state index contributed by atoms with van der Waals surface area (Å²) in [7, 11) is -2.86. The molecule has 1 aliphatic carbocycles. The lowest BCUT2D eigenvalue weighted by Crippen LogP contribution is -2.45. The first-order valence-electron chi connectivity index (χ1n) is 14.2. The van der Waals surface area contributed by atoms with Crippen molar-refractivity contribution in [3.8, 4) is 16.9 Å². The molecular formula is C30H32N6O3S. The molecule has 10 heteroatoms. The zero-order valence-corrected chi connectivity index (χ0v) is 23.0. The Balaban J connectivity index is 1.05. The van der Waals surface area contributed by atoms with Gasteiger partial charge in [-0.25, -0.2) is 18.4 Å². The van der Waals surface area contributed by atoms with Crippen LogP contribution in [-0.4, -0.2) is 63.0 Å². The van der Waals surface area contributed by atoms with Crippen LogP contribution < -0.4 is 10.5 Å². The average Bonchev–Trinajstić information content (AvgIpc) is 3.61. The Morgan fingerprint density at radius 3 is 2.73 bits per heavy atom. The van der Waals surface area contributed by atoms with Crippen LogP contribution in [0.5, 0.6) is 5.75 Å². The first kappa shape index (κ1) is 24.3. The Morgan fingerprint density at radius 2 is 1.95 bits per heavy atom. The molecule has 9 nitrogen and oxygen atoms in total. The Hall–Kier alpha value is -3.50. The molecule has 206 valence electrons. The van der Waals surface area contributed by atoms with Crippen molar-refractivity contribution in [2.45, 2.75) is 55.5 Å². The fourth-order valence-corrected chi connectivity index (χ4v) is 9.41. The number of hydrogen-bond donors (Lipinski definition) is 1. The quantitative estimate of drug-likeness (QED) is 0.393. The van der Waals surface area contributed by atoms with E-state index in [1.165, 1.54) is 5.56 Å². The normalized spacial score (nSPS) is 28.8. The van der Waals surface area contributed by atoms with Crippen molar-refractivity contribution in [3.05, 3.63) is 66.4 Å². The van der Waals surface area contributed by atoms with Gasteiger partial charge >= 0.3 is 0 Å². The molecule has 8 rings (SSSR count). The maximum atomic E-state index is 12.1. The lowest BCUT2D eigenvalue weighted by molar-refractivity contribution is 0.126. The molecule has 3 atom stereocenters. The van der Waals surface area contributed by atoms with Gasteiger partial charge in [0.1, 0.15) is 29.6 Å². The molecule has 4 aliphatic rings. The SMILES string of the molecule is Nc1ncnc2c1c(-c1ccc3c(c1)OC(c1ccccn1)CC3)cn2C1CC(CN2C[C@@H]3C[C@H]2CS3(=O)=O)C1. The van der Waals surface area contributed by atoms with Gasteiger partial charge in [0.15, 0.2) is 9.84 Å². The average molecular weight is 557 g/mol. The molecule has 6 heterocycles. The van der Waals surface area contributed by atoms with Crippen LogP contribution in [0.25, 0.3) is 22.2 Å². The van der Waals surface area contributed by atoms with Crippen molar-refractivity contribution in [3.63, 3.8) is 0 Å². The number of likely N-dealkylation sites (tertiary alicyclic amines) is 1. The molecule has 2 N–H and O–H groups in total. The fraction of sp³-hybridized carbons (Fsp3) is 0.433. The van der Waals surface area contributed by atoms with Gasteiger partial charge in [0.25, 0.3) is 0 Å². The van der Waals surface area contributed by atoms with Crippen LogP contribution in [0, 0.1) is 5.92 Å². The van der Waals surface area contributed by atoms with Crippen molar-refractivity contribution in [2.75, 3.05) is 24.6 Å². The molecule has 2 saturated heterocycles. The Morgan fingerprint density at radius 1 is 1.05 bits per heavy atom. The molecule has 0 radical (unpaired) electrons. The highest BCUT2D eigenvalue weighted by Crippen LogP contribution is 2.45. The van der Waals surface area contributed by atoms with Gasteiger partial charge in [-0.05, 0) is 67.3 Å². The van der Waals surface area contributed by atoms with Crippen LogP contribution in [0.1, 0.15) is 49.1 Å². The Bertz CT molecular complexity index is 1720. The largest absolute Gasteiger partial charge is 0.484 e. The highest BCUT2D eigenvalue weighted by molar-refractivity contribution is 7.92. The van der Waals surface area contributed by atoms with Crippen LogP contribution in [-0.2, 0) is 16.3 Å². The molecule has 3 aromatic heterocycles. The van der Waals surface area contributed by atoms with E-state index in [1.54, 1.807) is 6.33 Å². The van der Waals surface area contributed by atoms with E-state index >= 15 is 0 Å². The number of hydrogen-bond acceptors (Lipinski definition) is 8. The number of ether oxygens (including phenoxy) is 1. The van der Waals surface area contributed by atoms with Gasteiger partial charge in [-0.3, -0.25) is 9.88 Å². The number of nitrogen functional groups attached to an aromatic ring is 1. The van der Waals surface area contributed by atoms with E-state index < -0.39 is 9.84 Å². The van der Waals surface area contributed by atoms with E-state index in [0.29, 0.717) is 30.1 Å². The molecule has 4 aromatic rings. The Kier molecular flexibility index (Phi) is 5.47. The number of sulfone groups is 1. The standard InChI is InChI=1S/C30H32N6O3S/c31-29-28-24(20-5-4-19-6-7-26(39-27(19)11-20)25-3-1-2-8-32-25)15-36(30(28)34-17-33-29)21-9-18(10-21)13-35-14-23-12-22(35)16-40(23,37)38/h1-5,8,11,15,17-18,21-23,26H,6-7,9-10,12-14,16H2,(H2,31,33,34)/t18?,21?,22-,23-,26?/m0/s1. The van der Waals surface area contributed by atoms with Crippen molar-refractivity contribution >= 4 is 26.7 Å². The van der Waals surface area contributed by atoms with Crippen molar-refractivity contribution < 1.29 is 13.2 Å². The van der Waals surface area contributed by atoms with Gasteiger partial charge in [-0.1, -0.05) is 18.2 Å². The molecule has 40 heavy (non-hydrogen) atoms. The third-order valence-corrected chi connectivity index (χ3v) is 11.7. The van der Waals surface area contributed by atoms with Gasteiger partial charge in [0.2, 0.25) is 0 Å². The van der Waals surface area contributed by atoms with E-state index in [0.717, 1.165) is 72.3 Å². The summed E-state index contributed by atoms with van der Waals surface area (Å²) in [5.41, 5.74) is 11.5. The zero-order chi connectivity index (χ0) is 27.0. The summed E-state index contributed by atoms with van der Waals surface area (Å²) in [5, 5.41) is 0.730. The summed E-state index contributed by atoms with van der Waals surface area (Å²) in [6.45, 7) is 1.69. The maximum Gasteiger partial charge on any atom is 0.156 e. The number of fused-ring (bicyclic) bond motifs is 4. The molecule has 0 spiro atoms. The monoisotopic (exact) mass is 556 g/mol. The third kappa shape index (κ3) is 3.91. The van der Waals surface area contributed by atoms with Gasteiger partial charge in [0.05, 0.1) is 22.1 Å². The van der Waals surface area contributed by atoms with Gasteiger partial charge in [-0.2, -0.15) is 0 Å². The molecule has 2 bridgehead atoms. The molecule has 1 aromatic carbocycles. The van der Waals surface area contributed by atoms with E-state index in [9.17, 15) is 8.42 Å². The summed E-state index contributed by atoms with van der Waals surface area (Å²) >= 11 is 0. The van der Waals surface area contributed by atoms with Crippen molar-refractivity contribution in [1.29, 1.82) is 0 Å². The van der Waals surface area contributed by atoms with Crippen LogP contribution in [0.2, 0.25) is 0 Å². The summed E-state index contributed by atoms with van der Waals surface area (Å²) in [4.78, 5) is 15.9. The summed E-state index contributed by atoms with van der Waals surface area (Å²) < 4.78 is 33.0. The highest BCUT2D eigenvalue weighted by atomic mass is 32.2. The number of nitrogens with zero attached hydrogens (tertiary/aromatic N) is 5. The second kappa shape index (κ2) is 9.01. The number of anilines is 1. The lowest BCUT2D eigenvalue weighted by Gasteiger charge is -2.40. The van der Waals surface area contributed by atoms with Crippen molar-refractivity contribution in [1.82, 2.24) is 24.4 Å². The first-order chi connectivity index (χ1) is 19.4. The van der Waals surface area contributed by atoms with Gasteiger partial charge in [0, 0.05) is 43.1 Å². The number of benzene rings is 1. The summed E-state index contributed by atoms with van der Waals surface area (Å²) in [5.74, 6) is 2.27. The zero-order valence-electron chi connectivity index (χ0n) is 22.2. The van der Waals surface area contributed by atoms with Crippen LogP contribution in [0.4, 0.5) is 5.82 Å². The van der Waals surface area contributed by atoms with Crippen LogP contribution >= 0.6 is 0 Å². The number of aryl methyl sites for hydroxylation is 1. The third-order valence-electron chi connectivity index (χ3n) is 9.50. The summed E-state index contributed by atoms with van der Waals surface area (Å²) in [6, 6.07) is 12.9. The van der Waals surface area contributed by atoms with Crippen LogP contribution in [0.3, 0.4) is 0 Å². The highest BCUT2D eigenvalue weighted by Gasteiger charge is 2.49. The molecule has 0 amide bonds. The minimum absolute atomic E-state index is 0.0588. The molecule has 1 unspecified atom stereocenters. The predicted molar refractivity (Wildman–Crippen MR) is 153 cm³/mol. The minimum Gasteiger partial charge on any atom is -0.484 e. The maximum absolute atomic E-state index is 12.1. The van der Waals surface area contributed by atoms with Crippen molar-refractivity contribution in [2.24, 2.45) is 5.92 Å². The number of nitrogens with two attached hydrogens (primary N) is 1. The second-order valence-electron chi connectivity index (χ2n) is 11.9. The minimum atomic E-state index is -2.86. The van der Waals surface area contributed by atoms with Crippen LogP contribution in [0.15, 0.2) is 55.1 Å². The molecule has 3 aliphatic heterocycles. The Labute approximate surface area is 233 Å². The lowest BCUT2D eigenvalue weighted by atomic mass is 9.79. The second-order valence-corrected chi connectivity index (χ2v) is 14.2. The van der Waals surface area contributed by atoms with E-state index in [2.05, 4.69) is 48.8 Å². The van der Waals surface area contributed by atoms with E-state index in [-0.39, 0.29) is 17.4 Å².